The van der Waals surface area contributed by atoms with Crippen molar-refractivity contribution in [2.24, 2.45) is 0 Å². The Kier molecular flexibility index (Phi) is 5.91. The highest BCUT2D eigenvalue weighted by Gasteiger charge is 2.09. The monoisotopic (exact) mass is 397 g/mol. The second kappa shape index (κ2) is 9.29. The minimum atomic E-state index is -0.337. The summed E-state index contributed by atoms with van der Waals surface area (Å²) in [6.45, 7) is 0.526. The van der Waals surface area contributed by atoms with Crippen LogP contribution in [0.2, 0.25) is 0 Å². The van der Waals surface area contributed by atoms with Gasteiger partial charge in [0.2, 0.25) is 0 Å². The van der Waals surface area contributed by atoms with E-state index in [1.165, 1.54) is 0 Å². The molecular weight excluding hydrogens is 378 g/mol. The van der Waals surface area contributed by atoms with Gasteiger partial charge in [-0.05, 0) is 60.7 Å². The quantitative estimate of drug-likeness (QED) is 0.476. The van der Waals surface area contributed by atoms with Gasteiger partial charge in [-0.3, -0.25) is 9.78 Å². The van der Waals surface area contributed by atoms with Gasteiger partial charge in [-0.2, -0.15) is 0 Å². The van der Waals surface area contributed by atoms with Gasteiger partial charge in [0.15, 0.2) is 5.69 Å². The smallest absolute Gasteiger partial charge is 0.276 e. The second-order valence-electron chi connectivity index (χ2n) is 6.37. The third kappa shape index (κ3) is 5.17. The van der Waals surface area contributed by atoms with Crippen LogP contribution >= 0.6 is 0 Å². The number of ether oxygens (including phenoxy) is 1. The lowest BCUT2D eigenvalue weighted by molar-refractivity contribution is 0.102. The van der Waals surface area contributed by atoms with Crippen molar-refractivity contribution < 1.29 is 9.53 Å². The van der Waals surface area contributed by atoms with Gasteiger partial charge >= 0.3 is 0 Å². The van der Waals surface area contributed by atoms with Crippen LogP contribution in [0.15, 0.2) is 91.1 Å². The number of hydrogen-bond donors (Lipinski definition) is 2. The predicted molar refractivity (Wildman–Crippen MR) is 115 cm³/mol. The van der Waals surface area contributed by atoms with E-state index < -0.39 is 0 Å². The Morgan fingerprint density at radius 2 is 1.57 bits per heavy atom. The number of pyridine rings is 1. The van der Waals surface area contributed by atoms with Gasteiger partial charge < -0.3 is 15.4 Å². The van der Waals surface area contributed by atoms with Gasteiger partial charge in [-0.15, -0.1) is 10.2 Å². The van der Waals surface area contributed by atoms with Crippen LogP contribution in [0.1, 0.15) is 16.2 Å². The molecule has 7 heteroatoms. The molecular formula is C23H19N5O2. The molecule has 0 bridgehead atoms. The van der Waals surface area contributed by atoms with E-state index in [2.05, 4.69) is 25.8 Å². The number of rotatable bonds is 7. The summed E-state index contributed by atoms with van der Waals surface area (Å²) in [5.74, 6) is 1.67. The van der Waals surface area contributed by atoms with Crippen LogP contribution in [-0.2, 0) is 6.54 Å². The number of carbonyl (C=O) groups excluding carboxylic acids is 1. The van der Waals surface area contributed by atoms with Crippen molar-refractivity contribution in [3.8, 4) is 11.5 Å². The summed E-state index contributed by atoms with van der Waals surface area (Å²) in [6.07, 6.45) is 1.73. The van der Waals surface area contributed by atoms with Crippen LogP contribution in [0.3, 0.4) is 0 Å². The van der Waals surface area contributed by atoms with Crippen LogP contribution in [0.4, 0.5) is 11.5 Å². The molecule has 7 nitrogen and oxygen atoms in total. The highest BCUT2D eigenvalue weighted by molar-refractivity contribution is 6.02. The Morgan fingerprint density at radius 3 is 2.27 bits per heavy atom. The van der Waals surface area contributed by atoms with Gasteiger partial charge in [0.25, 0.3) is 5.91 Å². The maximum Gasteiger partial charge on any atom is 0.276 e. The Morgan fingerprint density at radius 1 is 0.800 bits per heavy atom. The average Bonchev–Trinajstić information content (AvgIpc) is 2.81. The number of nitrogens with zero attached hydrogens (tertiary/aromatic N) is 3. The molecule has 4 rings (SSSR count). The third-order valence-corrected chi connectivity index (χ3v) is 4.17. The highest BCUT2D eigenvalue weighted by atomic mass is 16.5. The number of nitrogens with one attached hydrogen (secondary N) is 2. The summed E-state index contributed by atoms with van der Waals surface area (Å²) < 4.78 is 5.74. The molecule has 0 aliphatic heterocycles. The van der Waals surface area contributed by atoms with Gasteiger partial charge in [-0.25, -0.2) is 0 Å². The van der Waals surface area contributed by atoms with Crippen LogP contribution in [-0.4, -0.2) is 21.1 Å². The molecule has 0 radical (unpaired) electrons. The average molecular weight is 397 g/mol. The molecule has 4 aromatic rings. The van der Waals surface area contributed by atoms with Crippen LogP contribution in [0.5, 0.6) is 11.5 Å². The highest BCUT2D eigenvalue weighted by Crippen LogP contribution is 2.22. The van der Waals surface area contributed by atoms with Gasteiger partial charge in [0.05, 0.1) is 12.2 Å². The van der Waals surface area contributed by atoms with Gasteiger partial charge in [-0.1, -0.05) is 24.3 Å². The number of aromatic nitrogens is 3. The van der Waals surface area contributed by atoms with Gasteiger partial charge in [0.1, 0.15) is 17.3 Å². The molecule has 0 unspecified atom stereocenters. The second-order valence-corrected chi connectivity index (χ2v) is 6.37. The summed E-state index contributed by atoms with van der Waals surface area (Å²) in [7, 11) is 0. The van der Waals surface area contributed by atoms with Crippen LogP contribution in [0, 0.1) is 0 Å². The summed E-state index contributed by atoms with van der Waals surface area (Å²) in [6, 6.07) is 25.6. The number of carbonyl (C=O) groups is 1. The van der Waals surface area contributed by atoms with E-state index in [1.807, 2.05) is 48.5 Å². The van der Waals surface area contributed by atoms with Gasteiger partial charge in [0, 0.05) is 11.9 Å². The standard InChI is InChI=1S/C23H19N5O2/c29-23(21-13-14-22(28-27-21)25-16-18-6-4-5-15-24-18)26-17-9-11-20(12-10-17)30-19-7-2-1-3-8-19/h1-15H,16H2,(H,25,28)(H,26,29). The van der Waals surface area contributed by atoms with Crippen molar-refractivity contribution in [1.82, 2.24) is 15.2 Å². The number of para-hydroxylation sites is 1. The molecule has 0 saturated heterocycles. The number of amides is 1. The maximum atomic E-state index is 12.4. The fourth-order valence-electron chi connectivity index (χ4n) is 2.66. The zero-order valence-electron chi connectivity index (χ0n) is 16.0. The first-order valence-electron chi connectivity index (χ1n) is 9.38. The summed E-state index contributed by atoms with van der Waals surface area (Å²) in [4.78, 5) is 16.6. The van der Waals surface area contributed by atoms with Crippen molar-refractivity contribution in [3.63, 3.8) is 0 Å². The minimum Gasteiger partial charge on any atom is -0.457 e. The minimum absolute atomic E-state index is 0.225. The summed E-state index contributed by atoms with van der Waals surface area (Å²) in [5, 5.41) is 14.0. The molecule has 148 valence electrons. The first-order chi connectivity index (χ1) is 14.8. The molecule has 0 aliphatic carbocycles. The number of anilines is 2. The molecule has 1 amide bonds. The number of benzene rings is 2. The van der Waals surface area contributed by atoms with Crippen LogP contribution in [0.25, 0.3) is 0 Å². The Bertz CT molecular complexity index is 1090. The van der Waals surface area contributed by atoms with E-state index >= 15 is 0 Å². The summed E-state index contributed by atoms with van der Waals surface area (Å²) in [5.41, 5.74) is 1.75. The lowest BCUT2D eigenvalue weighted by Gasteiger charge is -2.08. The molecule has 0 atom stereocenters. The van der Waals surface area contributed by atoms with E-state index in [-0.39, 0.29) is 11.6 Å². The van der Waals surface area contributed by atoms with E-state index in [0.717, 1.165) is 11.4 Å². The normalized spacial score (nSPS) is 10.3. The topological polar surface area (TPSA) is 89.0 Å². The Hall–Kier alpha value is -4.26. The fourth-order valence-corrected chi connectivity index (χ4v) is 2.66. The van der Waals surface area contributed by atoms with E-state index in [9.17, 15) is 4.79 Å². The molecule has 0 aliphatic rings. The van der Waals surface area contributed by atoms with E-state index in [4.69, 9.17) is 4.74 Å². The Balaban J connectivity index is 1.32. The molecule has 2 aromatic carbocycles. The van der Waals surface area contributed by atoms with Crippen molar-refractivity contribution in [3.05, 3.63) is 103 Å². The predicted octanol–water partition coefficient (Wildman–Crippen LogP) is 4.53. The lowest BCUT2D eigenvalue weighted by atomic mass is 10.2. The molecule has 30 heavy (non-hydrogen) atoms. The third-order valence-electron chi connectivity index (χ3n) is 4.17. The summed E-state index contributed by atoms with van der Waals surface area (Å²) >= 11 is 0. The molecule has 0 fully saturated rings. The fraction of sp³-hybridized carbons (Fsp3) is 0.0435. The molecule has 2 N–H and O–H groups in total. The number of hydrogen-bond acceptors (Lipinski definition) is 6. The maximum absolute atomic E-state index is 12.4. The van der Waals surface area contributed by atoms with Crippen molar-refractivity contribution in [2.75, 3.05) is 10.6 Å². The van der Waals surface area contributed by atoms with Crippen molar-refractivity contribution >= 4 is 17.4 Å². The first-order valence-corrected chi connectivity index (χ1v) is 9.38. The molecule has 0 spiro atoms. The van der Waals surface area contributed by atoms with Crippen molar-refractivity contribution in [2.45, 2.75) is 6.54 Å². The molecule has 2 heterocycles. The molecule has 0 saturated carbocycles. The van der Waals surface area contributed by atoms with E-state index in [0.29, 0.717) is 23.8 Å². The van der Waals surface area contributed by atoms with E-state index in [1.54, 1.807) is 42.6 Å². The zero-order chi connectivity index (χ0) is 20.6. The lowest BCUT2D eigenvalue weighted by Crippen LogP contribution is -2.15. The first kappa shape index (κ1) is 19.1. The van der Waals surface area contributed by atoms with Crippen LogP contribution < -0.4 is 15.4 Å². The SMILES string of the molecule is O=C(Nc1ccc(Oc2ccccc2)cc1)c1ccc(NCc2ccccn2)nn1. The zero-order valence-corrected chi connectivity index (χ0v) is 16.0. The Labute approximate surface area is 173 Å². The largest absolute Gasteiger partial charge is 0.457 e. The van der Waals surface area contributed by atoms with Crippen molar-refractivity contribution in [1.29, 1.82) is 0 Å². The molecule has 2 aromatic heterocycles.